The summed E-state index contributed by atoms with van der Waals surface area (Å²) in [4.78, 5) is 23.4. The van der Waals surface area contributed by atoms with Crippen LogP contribution in [-0.4, -0.2) is 31.0 Å². The van der Waals surface area contributed by atoms with Gasteiger partial charge < -0.3 is 25.9 Å². The SMILES string of the molecule is Cc1cccc(NCC[NH2+][C@@H](CC(=O)Nc2ccccc2Br)C(=O)[O-])c1. The highest BCUT2D eigenvalue weighted by Gasteiger charge is 2.18. The molecular weight excluding hydrogens is 398 g/mol. The maximum Gasteiger partial charge on any atom is 0.230 e. The van der Waals surface area contributed by atoms with Gasteiger partial charge in [0.2, 0.25) is 5.91 Å². The lowest BCUT2D eigenvalue weighted by molar-refractivity contribution is -0.680. The summed E-state index contributed by atoms with van der Waals surface area (Å²) in [5, 5.41) is 18.9. The van der Waals surface area contributed by atoms with Gasteiger partial charge in [-0.2, -0.15) is 0 Å². The average Bonchev–Trinajstić information content (AvgIpc) is 2.59. The number of aliphatic carboxylic acids is 1. The molecule has 138 valence electrons. The molecule has 0 fully saturated rings. The molecule has 7 heteroatoms. The lowest BCUT2D eigenvalue weighted by Gasteiger charge is -2.17. The van der Waals surface area contributed by atoms with Crippen molar-refractivity contribution < 1.29 is 20.0 Å². The number of rotatable bonds is 9. The molecule has 0 aliphatic rings. The zero-order chi connectivity index (χ0) is 18.9. The summed E-state index contributed by atoms with van der Waals surface area (Å²) in [6, 6.07) is 14.2. The van der Waals surface area contributed by atoms with E-state index in [-0.39, 0.29) is 12.3 Å². The molecule has 0 saturated carbocycles. The van der Waals surface area contributed by atoms with Gasteiger partial charge in [0, 0.05) is 10.2 Å². The molecule has 6 nitrogen and oxygen atoms in total. The van der Waals surface area contributed by atoms with E-state index in [2.05, 4.69) is 26.6 Å². The van der Waals surface area contributed by atoms with Crippen molar-refractivity contribution in [1.29, 1.82) is 0 Å². The van der Waals surface area contributed by atoms with E-state index >= 15 is 0 Å². The van der Waals surface area contributed by atoms with Crippen molar-refractivity contribution in [2.24, 2.45) is 0 Å². The standard InChI is InChI=1S/C19H22BrN3O3/c1-13-5-4-6-14(11-13)21-9-10-22-17(19(25)26)12-18(24)23-16-8-3-2-7-15(16)20/h2-8,11,17,21-22H,9-10,12H2,1H3,(H,23,24)(H,25,26)/t17-/m0/s1. The van der Waals surface area contributed by atoms with E-state index in [1.54, 1.807) is 23.5 Å². The lowest BCUT2D eigenvalue weighted by atomic mass is 10.2. The van der Waals surface area contributed by atoms with Gasteiger partial charge in [-0.05, 0) is 52.7 Å². The van der Waals surface area contributed by atoms with Gasteiger partial charge in [-0.25, -0.2) is 0 Å². The average molecular weight is 420 g/mol. The monoisotopic (exact) mass is 419 g/mol. The van der Waals surface area contributed by atoms with Crippen LogP contribution in [0.5, 0.6) is 0 Å². The van der Waals surface area contributed by atoms with Gasteiger partial charge in [0.25, 0.3) is 0 Å². The molecule has 2 rings (SSSR count). The van der Waals surface area contributed by atoms with Gasteiger partial charge in [0.05, 0.1) is 31.2 Å². The molecule has 0 bridgehead atoms. The van der Waals surface area contributed by atoms with Gasteiger partial charge in [-0.1, -0.05) is 24.3 Å². The second-order valence-electron chi connectivity index (χ2n) is 5.98. The zero-order valence-electron chi connectivity index (χ0n) is 14.5. The van der Waals surface area contributed by atoms with Crippen LogP contribution in [0.4, 0.5) is 11.4 Å². The van der Waals surface area contributed by atoms with Crippen LogP contribution in [0.2, 0.25) is 0 Å². The molecule has 2 aromatic rings. The van der Waals surface area contributed by atoms with Gasteiger partial charge in [-0.15, -0.1) is 0 Å². The molecule has 0 spiro atoms. The van der Waals surface area contributed by atoms with Crippen molar-refractivity contribution in [3.8, 4) is 0 Å². The Balaban J connectivity index is 1.80. The Morgan fingerprint density at radius 3 is 2.65 bits per heavy atom. The largest absolute Gasteiger partial charge is 0.544 e. The second kappa shape index (κ2) is 9.94. The summed E-state index contributed by atoms with van der Waals surface area (Å²) in [5.74, 6) is -1.61. The molecule has 0 aliphatic carbocycles. The molecule has 0 heterocycles. The topological polar surface area (TPSA) is 97.9 Å². The minimum atomic E-state index is -1.25. The Hall–Kier alpha value is -2.38. The molecule has 0 unspecified atom stereocenters. The van der Waals surface area contributed by atoms with E-state index in [0.29, 0.717) is 18.8 Å². The Kier molecular flexibility index (Phi) is 7.62. The van der Waals surface area contributed by atoms with Crippen LogP contribution in [-0.2, 0) is 9.59 Å². The number of hydrogen-bond acceptors (Lipinski definition) is 4. The van der Waals surface area contributed by atoms with Crippen LogP contribution in [0.3, 0.4) is 0 Å². The van der Waals surface area contributed by atoms with E-state index in [0.717, 1.165) is 15.7 Å². The number of carbonyl (C=O) groups excluding carboxylic acids is 2. The van der Waals surface area contributed by atoms with Gasteiger partial charge in [0.15, 0.2) is 0 Å². The minimum Gasteiger partial charge on any atom is -0.544 e. The minimum absolute atomic E-state index is 0.159. The number of aryl methyl sites for hydroxylation is 1. The highest BCUT2D eigenvalue weighted by Crippen LogP contribution is 2.21. The summed E-state index contributed by atoms with van der Waals surface area (Å²) in [5.41, 5.74) is 2.74. The van der Waals surface area contributed by atoms with Gasteiger partial charge in [-0.3, -0.25) is 4.79 Å². The second-order valence-corrected chi connectivity index (χ2v) is 6.83. The molecule has 0 aromatic heterocycles. The van der Waals surface area contributed by atoms with E-state index < -0.39 is 12.0 Å². The van der Waals surface area contributed by atoms with Crippen LogP contribution in [0.15, 0.2) is 53.0 Å². The van der Waals surface area contributed by atoms with Crippen molar-refractivity contribution in [1.82, 2.24) is 0 Å². The Bertz CT molecular complexity index is 767. The highest BCUT2D eigenvalue weighted by molar-refractivity contribution is 9.10. The van der Waals surface area contributed by atoms with Crippen molar-refractivity contribution in [2.75, 3.05) is 23.7 Å². The van der Waals surface area contributed by atoms with Gasteiger partial charge >= 0.3 is 0 Å². The normalized spacial score (nSPS) is 11.6. The number of benzene rings is 2. The van der Waals surface area contributed by atoms with Crippen molar-refractivity contribution in [2.45, 2.75) is 19.4 Å². The number of nitrogens with one attached hydrogen (secondary N) is 2. The number of carboxylic acids is 1. The first-order valence-electron chi connectivity index (χ1n) is 8.35. The maximum atomic E-state index is 12.1. The summed E-state index contributed by atoms with van der Waals surface area (Å²) in [6.07, 6.45) is -0.159. The van der Waals surface area contributed by atoms with E-state index in [1.165, 1.54) is 0 Å². The van der Waals surface area contributed by atoms with Crippen molar-refractivity contribution >= 4 is 39.2 Å². The third-order valence-electron chi connectivity index (χ3n) is 3.80. The van der Waals surface area contributed by atoms with Crippen LogP contribution in [0, 0.1) is 6.92 Å². The first-order chi connectivity index (χ1) is 12.5. The molecule has 0 radical (unpaired) electrons. The summed E-state index contributed by atoms with van der Waals surface area (Å²) in [6.45, 7) is 3.10. The van der Waals surface area contributed by atoms with E-state index in [4.69, 9.17) is 0 Å². The fourth-order valence-electron chi connectivity index (χ4n) is 2.48. The Labute approximate surface area is 161 Å². The number of carbonyl (C=O) groups is 2. The number of quaternary nitrogens is 1. The van der Waals surface area contributed by atoms with Crippen LogP contribution < -0.4 is 21.1 Å². The van der Waals surface area contributed by atoms with E-state index in [9.17, 15) is 14.7 Å². The zero-order valence-corrected chi connectivity index (χ0v) is 16.1. The van der Waals surface area contributed by atoms with Crippen molar-refractivity contribution in [3.05, 3.63) is 58.6 Å². The number of carboxylic acid groups (broad SMARTS) is 1. The maximum absolute atomic E-state index is 12.1. The third-order valence-corrected chi connectivity index (χ3v) is 4.49. The predicted octanol–water partition coefficient (Wildman–Crippen LogP) is 0.880. The first-order valence-corrected chi connectivity index (χ1v) is 9.14. The molecular formula is C19H22BrN3O3. The number of halogens is 1. The van der Waals surface area contributed by atoms with Gasteiger partial charge in [0.1, 0.15) is 6.04 Å². The predicted molar refractivity (Wildman–Crippen MR) is 103 cm³/mol. The number of hydrogen-bond donors (Lipinski definition) is 3. The lowest BCUT2D eigenvalue weighted by Crippen LogP contribution is -2.94. The molecule has 2 aromatic carbocycles. The van der Waals surface area contributed by atoms with Crippen molar-refractivity contribution in [3.63, 3.8) is 0 Å². The first kappa shape index (κ1) is 19.9. The van der Waals surface area contributed by atoms with Crippen LogP contribution in [0.25, 0.3) is 0 Å². The number of amides is 1. The van der Waals surface area contributed by atoms with Crippen LogP contribution in [0.1, 0.15) is 12.0 Å². The molecule has 1 atom stereocenters. The number of nitrogens with two attached hydrogens (primary N) is 1. The Morgan fingerprint density at radius 1 is 1.19 bits per heavy atom. The Morgan fingerprint density at radius 2 is 1.96 bits per heavy atom. The fourth-order valence-corrected chi connectivity index (χ4v) is 2.87. The smallest absolute Gasteiger partial charge is 0.230 e. The summed E-state index contributed by atoms with van der Waals surface area (Å²) in [7, 11) is 0. The molecule has 4 N–H and O–H groups in total. The fraction of sp³-hybridized carbons (Fsp3) is 0.263. The molecule has 1 amide bonds. The molecule has 26 heavy (non-hydrogen) atoms. The number of para-hydroxylation sites is 1. The molecule has 0 aliphatic heterocycles. The quantitative estimate of drug-likeness (QED) is 0.525. The third kappa shape index (κ3) is 6.50. The summed E-state index contributed by atoms with van der Waals surface area (Å²) >= 11 is 3.34. The van der Waals surface area contributed by atoms with Crippen LogP contribution >= 0.6 is 15.9 Å². The molecule has 0 saturated heterocycles. The highest BCUT2D eigenvalue weighted by atomic mass is 79.9. The number of anilines is 2. The summed E-state index contributed by atoms with van der Waals surface area (Å²) < 4.78 is 0.740. The van der Waals surface area contributed by atoms with E-state index in [1.807, 2.05) is 37.3 Å².